The minimum Gasteiger partial charge on any atom is -0.393 e. The Labute approximate surface area is 104 Å². The summed E-state index contributed by atoms with van der Waals surface area (Å²) in [6.45, 7) is 8.20. The molecule has 1 aliphatic heterocycles. The van der Waals surface area contributed by atoms with Gasteiger partial charge in [-0.25, -0.2) is 0 Å². The standard InChI is InChI=1S/C13H26N2O2/c1-4-6-14-12-7-11(13(17)5-2)8-15(9-12)10(3)16/h11-14,17H,4-9H2,1-3H3. The lowest BCUT2D eigenvalue weighted by Gasteiger charge is -2.39. The third kappa shape index (κ3) is 4.28. The van der Waals surface area contributed by atoms with Crippen LogP contribution in [0.25, 0.3) is 0 Å². The van der Waals surface area contributed by atoms with Gasteiger partial charge in [-0.05, 0) is 25.8 Å². The third-order valence-corrected chi connectivity index (χ3v) is 3.57. The van der Waals surface area contributed by atoms with Crippen molar-refractivity contribution in [3.8, 4) is 0 Å². The van der Waals surface area contributed by atoms with Crippen molar-refractivity contribution in [2.24, 2.45) is 5.92 Å². The molecule has 1 heterocycles. The van der Waals surface area contributed by atoms with Crippen LogP contribution >= 0.6 is 0 Å². The smallest absolute Gasteiger partial charge is 0.219 e. The summed E-state index contributed by atoms with van der Waals surface area (Å²) in [7, 11) is 0. The van der Waals surface area contributed by atoms with Crippen LogP contribution in [0.3, 0.4) is 0 Å². The summed E-state index contributed by atoms with van der Waals surface area (Å²) in [5.41, 5.74) is 0. The molecule has 0 aromatic heterocycles. The molecule has 1 saturated heterocycles. The summed E-state index contributed by atoms with van der Waals surface area (Å²) in [6, 6.07) is 0.332. The highest BCUT2D eigenvalue weighted by Crippen LogP contribution is 2.22. The molecular formula is C13H26N2O2. The first-order valence-electron chi connectivity index (χ1n) is 6.75. The van der Waals surface area contributed by atoms with Gasteiger partial charge < -0.3 is 15.3 Å². The summed E-state index contributed by atoms with van der Waals surface area (Å²) in [4.78, 5) is 13.4. The summed E-state index contributed by atoms with van der Waals surface area (Å²) >= 11 is 0. The number of nitrogens with one attached hydrogen (secondary N) is 1. The maximum Gasteiger partial charge on any atom is 0.219 e. The molecule has 3 atom stereocenters. The lowest BCUT2D eigenvalue weighted by molar-refractivity contribution is -0.132. The predicted octanol–water partition coefficient (Wildman–Crippen LogP) is 0.994. The Hall–Kier alpha value is -0.610. The zero-order valence-corrected chi connectivity index (χ0v) is 11.3. The van der Waals surface area contributed by atoms with Crippen molar-refractivity contribution in [3.63, 3.8) is 0 Å². The van der Waals surface area contributed by atoms with E-state index in [0.717, 1.165) is 32.4 Å². The van der Waals surface area contributed by atoms with Gasteiger partial charge in [-0.15, -0.1) is 0 Å². The minimum absolute atomic E-state index is 0.112. The number of aliphatic hydroxyl groups excluding tert-OH is 1. The molecule has 0 aromatic carbocycles. The van der Waals surface area contributed by atoms with Crippen molar-refractivity contribution in [2.75, 3.05) is 19.6 Å². The molecule has 0 radical (unpaired) electrons. The Morgan fingerprint density at radius 2 is 2.18 bits per heavy atom. The molecule has 1 aliphatic rings. The van der Waals surface area contributed by atoms with E-state index in [4.69, 9.17) is 0 Å². The van der Waals surface area contributed by atoms with Gasteiger partial charge in [0.05, 0.1) is 6.10 Å². The van der Waals surface area contributed by atoms with Crippen LogP contribution in [-0.4, -0.2) is 47.7 Å². The number of hydrogen-bond acceptors (Lipinski definition) is 3. The van der Waals surface area contributed by atoms with E-state index < -0.39 is 0 Å². The Morgan fingerprint density at radius 3 is 2.71 bits per heavy atom. The van der Waals surface area contributed by atoms with Crippen LogP contribution in [0.5, 0.6) is 0 Å². The van der Waals surface area contributed by atoms with Crippen molar-refractivity contribution in [1.82, 2.24) is 10.2 Å². The lowest BCUT2D eigenvalue weighted by atomic mass is 9.88. The summed E-state index contributed by atoms with van der Waals surface area (Å²) in [5.74, 6) is 0.327. The van der Waals surface area contributed by atoms with Gasteiger partial charge in [-0.2, -0.15) is 0 Å². The molecule has 0 saturated carbocycles. The highest BCUT2D eigenvalue weighted by molar-refractivity contribution is 5.73. The highest BCUT2D eigenvalue weighted by atomic mass is 16.3. The Bertz CT molecular complexity index is 246. The second kappa shape index (κ2) is 6.97. The van der Waals surface area contributed by atoms with E-state index in [1.807, 2.05) is 11.8 Å². The van der Waals surface area contributed by atoms with Crippen molar-refractivity contribution in [1.29, 1.82) is 0 Å². The van der Waals surface area contributed by atoms with Gasteiger partial charge in [-0.1, -0.05) is 13.8 Å². The fourth-order valence-corrected chi connectivity index (χ4v) is 2.50. The quantitative estimate of drug-likeness (QED) is 0.756. The summed E-state index contributed by atoms with van der Waals surface area (Å²) in [5, 5.41) is 13.4. The van der Waals surface area contributed by atoms with Crippen LogP contribution < -0.4 is 5.32 Å². The van der Waals surface area contributed by atoms with E-state index in [0.29, 0.717) is 12.6 Å². The van der Waals surface area contributed by atoms with E-state index in [9.17, 15) is 9.90 Å². The fraction of sp³-hybridized carbons (Fsp3) is 0.923. The van der Waals surface area contributed by atoms with Gasteiger partial charge in [0.2, 0.25) is 5.91 Å². The first-order valence-corrected chi connectivity index (χ1v) is 6.75. The van der Waals surface area contributed by atoms with Gasteiger partial charge in [0.25, 0.3) is 0 Å². The molecule has 100 valence electrons. The number of carbonyl (C=O) groups excluding carboxylic acids is 1. The maximum atomic E-state index is 11.5. The number of nitrogens with zero attached hydrogens (tertiary/aromatic N) is 1. The zero-order chi connectivity index (χ0) is 12.8. The number of likely N-dealkylation sites (tertiary alicyclic amines) is 1. The zero-order valence-electron chi connectivity index (χ0n) is 11.3. The van der Waals surface area contributed by atoms with Gasteiger partial charge in [0.15, 0.2) is 0 Å². The number of aliphatic hydroxyl groups is 1. The molecular weight excluding hydrogens is 216 g/mol. The Morgan fingerprint density at radius 1 is 1.47 bits per heavy atom. The molecule has 4 nitrogen and oxygen atoms in total. The van der Waals surface area contributed by atoms with E-state index in [2.05, 4.69) is 12.2 Å². The van der Waals surface area contributed by atoms with Gasteiger partial charge in [0, 0.05) is 32.0 Å². The fourth-order valence-electron chi connectivity index (χ4n) is 2.50. The van der Waals surface area contributed by atoms with Crippen LogP contribution in [-0.2, 0) is 4.79 Å². The number of piperidine rings is 1. The average Bonchev–Trinajstić information content (AvgIpc) is 2.34. The number of carbonyl (C=O) groups is 1. The van der Waals surface area contributed by atoms with Crippen LogP contribution in [0.1, 0.15) is 40.0 Å². The molecule has 4 heteroatoms. The molecule has 1 rings (SSSR count). The average molecular weight is 242 g/mol. The monoisotopic (exact) mass is 242 g/mol. The largest absolute Gasteiger partial charge is 0.393 e. The Kier molecular flexibility index (Phi) is 5.92. The van der Waals surface area contributed by atoms with E-state index in [-0.39, 0.29) is 17.9 Å². The topological polar surface area (TPSA) is 52.6 Å². The molecule has 3 unspecified atom stereocenters. The van der Waals surface area contributed by atoms with Crippen LogP contribution in [0.4, 0.5) is 0 Å². The first-order chi connectivity index (χ1) is 8.08. The normalized spacial score (nSPS) is 26.9. The van der Waals surface area contributed by atoms with Crippen LogP contribution in [0.2, 0.25) is 0 Å². The maximum absolute atomic E-state index is 11.5. The number of rotatable bonds is 5. The molecule has 0 spiro atoms. The van der Waals surface area contributed by atoms with E-state index >= 15 is 0 Å². The number of amides is 1. The first kappa shape index (κ1) is 14.5. The lowest BCUT2D eigenvalue weighted by Crippen LogP contribution is -2.53. The summed E-state index contributed by atoms with van der Waals surface area (Å²) in [6.07, 6.45) is 2.54. The molecule has 0 aromatic rings. The van der Waals surface area contributed by atoms with Gasteiger partial charge >= 0.3 is 0 Å². The molecule has 0 bridgehead atoms. The van der Waals surface area contributed by atoms with Crippen molar-refractivity contribution in [3.05, 3.63) is 0 Å². The minimum atomic E-state index is -0.289. The highest BCUT2D eigenvalue weighted by Gasteiger charge is 2.31. The molecule has 0 aliphatic carbocycles. The van der Waals surface area contributed by atoms with E-state index in [1.165, 1.54) is 0 Å². The van der Waals surface area contributed by atoms with Crippen molar-refractivity contribution in [2.45, 2.75) is 52.2 Å². The van der Waals surface area contributed by atoms with Crippen LogP contribution in [0, 0.1) is 5.92 Å². The molecule has 1 fully saturated rings. The van der Waals surface area contributed by atoms with Gasteiger partial charge in [-0.3, -0.25) is 4.79 Å². The Balaban J connectivity index is 2.58. The SMILES string of the molecule is CCCNC1CC(C(O)CC)CN(C(C)=O)C1. The van der Waals surface area contributed by atoms with Gasteiger partial charge in [0.1, 0.15) is 0 Å². The predicted molar refractivity (Wildman–Crippen MR) is 68.7 cm³/mol. The summed E-state index contributed by atoms with van der Waals surface area (Å²) < 4.78 is 0. The second-order valence-electron chi connectivity index (χ2n) is 5.05. The van der Waals surface area contributed by atoms with Crippen molar-refractivity contribution >= 4 is 5.91 Å². The van der Waals surface area contributed by atoms with E-state index in [1.54, 1.807) is 6.92 Å². The molecule has 1 amide bonds. The third-order valence-electron chi connectivity index (χ3n) is 3.57. The number of hydrogen-bond donors (Lipinski definition) is 2. The molecule has 17 heavy (non-hydrogen) atoms. The van der Waals surface area contributed by atoms with Crippen LogP contribution in [0.15, 0.2) is 0 Å². The second-order valence-corrected chi connectivity index (χ2v) is 5.05. The molecule has 2 N–H and O–H groups in total. The van der Waals surface area contributed by atoms with Crippen molar-refractivity contribution < 1.29 is 9.90 Å².